The first kappa shape index (κ1) is 9.24. The fourth-order valence-corrected chi connectivity index (χ4v) is 1.71. The van der Waals surface area contributed by atoms with Crippen molar-refractivity contribution in [3.05, 3.63) is 36.0 Å². The molecule has 0 saturated carbocycles. The maximum atomic E-state index is 5.63. The second-order valence-corrected chi connectivity index (χ2v) is 3.25. The number of nitrogens with two attached hydrogens (primary N) is 1. The van der Waals surface area contributed by atoms with E-state index < -0.39 is 0 Å². The molecule has 2 aromatic rings. The first-order chi connectivity index (χ1) is 6.86. The number of hydrogen-bond acceptors (Lipinski definition) is 2. The van der Waals surface area contributed by atoms with E-state index in [0.717, 1.165) is 11.1 Å². The van der Waals surface area contributed by atoms with E-state index in [-0.39, 0.29) is 6.10 Å². The van der Waals surface area contributed by atoms with Crippen molar-refractivity contribution >= 4 is 10.9 Å². The van der Waals surface area contributed by atoms with Crippen molar-refractivity contribution in [2.24, 2.45) is 5.73 Å². The third-order valence-corrected chi connectivity index (χ3v) is 2.47. The minimum absolute atomic E-state index is 0.0221. The fourth-order valence-electron chi connectivity index (χ4n) is 1.71. The van der Waals surface area contributed by atoms with Gasteiger partial charge in [0, 0.05) is 36.3 Å². The minimum Gasteiger partial charge on any atom is -0.375 e. The van der Waals surface area contributed by atoms with Crippen molar-refractivity contribution in [3.63, 3.8) is 0 Å². The number of nitrogens with one attached hydrogen (secondary N) is 1. The maximum absolute atomic E-state index is 5.63. The van der Waals surface area contributed by atoms with Gasteiger partial charge < -0.3 is 15.5 Å². The van der Waals surface area contributed by atoms with Crippen molar-refractivity contribution in [2.75, 3.05) is 13.7 Å². The average molecular weight is 190 g/mol. The van der Waals surface area contributed by atoms with E-state index in [9.17, 15) is 0 Å². The quantitative estimate of drug-likeness (QED) is 0.775. The van der Waals surface area contributed by atoms with Crippen LogP contribution in [0.5, 0.6) is 0 Å². The van der Waals surface area contributed by atoms with E-state index in [0.29, 0.717) is 6.54 Å². The van der Waals surface area contributed by atoms with Gasteiger partial charge in [0.05, 0.1) is 6.10 Å². The normalized spacial score (nSPS) is 13.3. The van der Waals surface area contributed by atoms with Crippen LogP contribution >= 0.6 is 0 Å². The summed E-state index contributed by atoms with van der Waals surface area (Å²) in [6.07, 6.45) is 1.94. The Morgan fingerprint density at radius 2 is 2.21 bits per heavy atom. The Morgan fingerprint density at radius 1 is 1.43 bits per heavy atom. The molecule has 1 aromatic heterocycles. The first-order valence-electron chi connectivity index (χ1n) is 4.65. The smallest absolute Gasteiger partial charge is 0.0963 e. The highest BCUT2D eigenvalue weighted by atomic mass is 16.5. The molecule has 0 saturated heterocycles. The number of para-hydroxylation sites is 1. The van der Waals surface area contributed by atoms with Crippen molar-refractivity contribution in [3.8, 4) is 0 Å². The number of ether oxygens (including phenoxy) is 1. The van der Waals surface area contributed by atoms with Gasteiger partial charge in [-0.1, -0.05) is 18.2 Å². The summed E-state index contributed by atoms with van der Waals surface area (Å²) in [7, 11) is 1.68. The minimum atomic E-state index is -0.0221. The summed E-state index contributed by atoms with van der Waals surface area (Å²) < 4.78 is 5.31. The molecule has 1 heterocycles. The largest absolute Gasteiger partial charge is 0.375 e. The number of aromatic nitrogens is 1. The highest BCUT2D eigenvalue weighted by molar-refractivity contribution is 5.83. The van der Waals surface area contributed by atoms with Gasteiger partial charge in [0.2, 0.25) is 0 Å². The monoisotopic (exact) mass is 190 g/mol. The van der Waals surface area contributed by atoms with Crippen LogP contribution in [-0.4, -0.2) is 18.6 Å². The molecule has 0 aliphatic heterocycles. The van der Waals surface area contributed by atoms with Crippen molar-refractivity contribution < 1.29 is 4.74 Å². The third-order valence-electron chi connectivity index (χ3n) is 2.47. The average Bonchev–Trinajstić information content (AvgIpc) is 2.65. The summed E-state index contributed by atoms with van der Waals surface area (Å²) in [6, 6.07) is 8.14. The lowest BCUT2D eigenvalue weighted by atomic mass is 10.1. The molecular formula is C11H14N2O. The van der Waals surface area contributed by atoms with Gasteiger partial charge in [-0.25, -0.2) is 0 Å². The molecular weight excluding hydrogens is 176 g/mol. The van der Waals surface area contributed by atoms with Gasteiger partial charge in [-0.2, -0.15) is 0 Å². The Labute approximate surface area is 82.9 Å². The molecule has 0 aliphatic rings. The van der Waals surface area contributed by atoms with Crippen LogP contribution in [0.4, 0.5) is 0 Å². The zero-order valence-electron chi connectivity index (χ0n) is 8.16. The molecule has 14 heavy (non-hydrogen) atoms. The van der Waals surface area contributed by atoms with Gasteiger partial charge in [0.25, 0.3) is 0 Å². The van der Waals surface area contributed by atoms with Gasteiger partial charge in [-0.15, -0.1) is 0 Å². The van der Waals surface area contributed by atoms with Gasteiger partial charge in [-0.05, 0) is 6.07 Å². The van der Waals surface area contributed by atoms with Gasteiger partial charge in [0.15, 0.2) is 0 Å². The molecule has 0 aliphatic carbocycles. The van der Waals surface area contributed by atoms with E-state index >= 15 is 0 Å². The van der Waals surface area contributed by atoms with E-state index in [1.807, 2.05) is 24.4 Å². The van der Waals surface area contributed by atoms with Crippen LogP contribution in [0.15, 0.2) is 30.5 Å². The van der Waals surface area contributed by atoms with E-state index in [1.54, 1.807) is 7.11 Å². The van der Waals surface area contributed by atoms with Crippen LogP contribution in [0.2, 0.25) is 0 Å². The molecule has 1 aromatic carbocycles. The molecule has 0 radical (unpaired) electrons. The predicted molar refractivity (Wildman–Crippen MR) is 57.1 cm³/mol. The Morgan fingerprint density at radius 3 is 2.93 bits per heavy atom. The number of H-pyrrole nitrogens is 1. The van der Waals surface area contributed by atoms with Crippen LogP contribution in [0.1, 0.15) is 11.7 Å². The third kappa shape index (κ3) is 1.41. The van der Waals surface area contributed by atoms with Crippen LogP contribution in [-0.2, 0) is 4.74 Å². The summed E-state index contributed by atoms with van der Waals surface area (Å²) >= 11 is 0. The number of hydrogen-bond donors (Lipinski definition) is 2. The molecule has 0 bridgehead atoms. The number of rotatable bonds is 3. The maximum Gasteiger partial charge on any atom is 0.0963 e. The van der Waals surface area contributed by atoms with E-state index in [1.165, 1.54) is 5.39 Å². The first-order valence-corrected chi connectivity index (χ1v) is 4.65. The number of methoxy groups -OCH3 is 1. The Kier molecular flexibility index (Phi) is 2.52. The molecule has 74 valence electrons. The summed E-state index contributed by atoms with van der Waals surface area (Å²) in [5.41, 5.74) is 7.88. The zero-order valence-corrected chi connectivity index (χ0v) is 8.16. The topological polar surface area (TPSA) is 51.0 Å². The molecule has 0 spiro atoms. The molecule has 3 nitrogen and oxygen atoms in total. The lowest BCUT2D eigenvalue weighted by Gasteiger charge is -2.11. The van der Waals surface area contributed by atoms with Crippen LogP contribution < -0.4 is 5.73 Å². The van der Waals surface area contributed by atoms with Gasteiger partial charge >= 0.3 is 0 Å². The second-order valence-electron chi connectivity index (χ2n) is 3.25. The molecule has 0 amide bonds. The van der Waals surface area contributed by atoms with Gasteiger partial charge in [-0.3, -0.25) is 0 Å². The van der Waals surface area contributed by atoms with Crippen molar-refractivity contribution in [1.82, 2.24) is 4.98 Å². The highest BCUT2D eigenvalue weighted by Gasteiger charge is 2.12. The zero-order chi connectivity index (χ0) is 9.97. The van der Waals surface area contributed by atoms with Crippen molar-refractivity contribution in [1.29, 1.82) is 0 Å². The molecule has 3 N–H and O–H groups in total. The Hall–Kier alpha value is -1.32. The SMILES string of the molecule is COC(CN)c1c[nH]c2ccccc12. The lowest BCUT2D eigenvalue weighted by Crippen LogP contribution is -2.13. The van der Waals surface area contributed by atoms with Crippen molar-refractivity contribution in [2.45, 2.75) is 6.10 Å². The molecule has 3 heteroatoms. The van der Waals surface area contributed by atoms with Crippen LogP contribution in [0, 0.1) is 0 Å². The fraction of sp³-hybridized carbons (Fsp3) is 0.273. The number of aromatic amines is 1. The van der Waals surface area contributed by atoms with Gasteiger partial charge in [0.1, 0.15) is 0 Å². The summed E-state index contributed by atoms with van der Waals surface area (Å²) in [6.45, 7) is 0.498. The Balaban J connectivity index is 2.51. The summed E-state index contributed by atoms with van der Waals surface area (Å²) in [4.78, 5) is 3.20. The van der Waals surface area contributed by atoms with E-state index in [4.69, 9.17) is 10.5 Å². The molecule has 2 rings (SSSR count). The summed E-state index contributed by atoms with van der Waals surface area (Å²) in [5.74, 6) is 0. The predicted octanol–water partition coefficient (Wildman–Crippen LogP) is 1.81. The Bertz CT molecular complexity index is 418. The summed E-state index contributed by atoms with van der Waals surface area (Å²) in [5, 5.41) is 1.18. The highest BCUT2D eigenvalue weighted by Crippen LogP contribution is 2.24. The molecule has 1 unspecified atom stereocenters. The van der Waals surface area contributed by atoms with E-state index in [2.05, 4.69) is 11.1 Å². The second kappa shape index (κ2) is 3.82. The number of benzene rings is 1. The number of fused-ring (bicyclic) bond motifs is 1. The molecule has 1 atom stereocenters. The lowest BCUT2D eigenvalue weighted by molar-refractivity contribution is 0.112. The standard InChI is InChI=1S/C11H14N2O/c1-14-11(6-12)9-7-13-10-5-3-2-4-8(9)10/h2-5,7,11,13H,6,12H2,1H3. The van der Waals surface area contributed by atoms with Crippen LogP contribution in [0.3, 0.4) is 0 Å². The molecule has 0 fully saturated rings. The van der Waals surface area contributed by atoms with Crippen LogP contribution in [0.25, 0.3) is 10.9 Å².